The number of fused-ring (bicyclic) bond motifs is 1. The van der Waals surface area contributed by atoms with E-state index in [-0.39, 0.29) is 17.8 Å². The summed E-state index contributed by atoms with van der Waals surface area (Å²) in [5, 5.41) is 6.29. The lowest BCUT2D eigenvalue weighted by Gasteiger charge is -2.20. The Kier molecular flexibility index (Phi) is 5.16. The van der Waals surface area contributed by atoms with Crippen molar-refractivity contribution in [1.29, 1.82) is 0 Å². The molecular weight excluding hydrogens is 343 g/mol. The Bertz CT molecular complexity index is 917. The number of amides is 1. The van der Waals surface area contributed by atoms with Gasteiger partial charge in [0, 0.05) is 6.54 Å². The lowest BCUT2D eigenvalue weighted by molar-refractivity contribution is -0.121. The van der Waals surface area contributed by atoms with Gasteiger partial charge in [-0.15, -0.1) is 0 Å². The van der Waals surface area contributed by atoms with Gasteiger partial charge in [-0.2, -0.15) is 0 Å². The molecule has 1 amide bonds. The fourth-order valence-electron chi connectivity index (χ4n) is 3.24. The summed E-state index contributed by atoms with van der Waals surface area (Å²) in [7, 11) is 0. The van der Waals surface area contributed by atoms with E-state index in [9.17, 15) is 9.18 Å². The van der Waals surface area contributed by atoms with Crippen molar-refractivity contribution in [2.75, 3.05) is 13.1 Å². The summed E-state index contributed by atoms with van der Waals surface area (Å²) in [4.78, 5) is 16.8. The van der Waals surface area contributed by atoms with Crippen molar-refractivity contribution >= 4 is 16.9 Å². The number of hydrogen-bond acceptors (Lipinski definition) is 3. The minimum Gasteiger partial charge on any atom is -0.346 e. The number of imidazole rings is 1. The molecule has 4 rings (SSSR count). The second kappa shape index (κ2) is 7.88. The van der Waals surface area contributed by atoms with Gasteiger partial charge in [-0.05, 0) is 55.1 Å². The number of carbonyl (C=O) groups excluding carboxylic acids is 1. The number of halogens is 1. The monoisotopic (exact) mass is 366 g/mol. The summed E-state index contributed by atoms with van der Waals surface area (Å²) < 4.78 is 15.3. The lowest BCUT2D eigenvalue weighted by Crippen LogP contribution is -2.38. The molecular formula is C21H23FN4O. The Morgan fingerprint density at radius 2 is 1.96 bits per heavy atom. The fourth-order valence-corrected chi connectivity index (χ4v) is 3.24. The minimum atomic E-state index is -0.289. The Morgan fingerprint density at radius 1 is 1.19 bits per heavy atom. The largest absolute Gasteiger partial charge is 0.346 e. The lowest BCUT2D eigenvalue weighted by atomic mass is 10.1. The molecule has 5 nitrogen and oxygen atoms in total. The maximum atomic E-state index is 13.3. The van der Waals surface area contributed by atoms with Gasteiger partial charge in [0.05, 0.1) is 29.9 Å². The van der Waals surface area contributed by atoms with Gasteiger partial charge in [0.1, 0.15) is 5.82 Å². The minimum absolute atomic E-state index is 0.0607. The molecule has 1 saturated carbocycles. The first-order valence-corrected chi connectivity index (χ1v) is 9.34. The van der Waals surface area contributed by atoms with Gasteiger partial charge >= 0.3 is 0 Å². The van der Waals surface area contributed by atoms with Crippen molar-refractivity contribution < 1.29 is 9.18 Å². The normalized spacial score (nSPS) is 15.0. The van der Waals surface area contributed by atoms with Crippen LogP contribution in [0.4, 0.5) is 4.39 Å². The van der Waals surface area contributed by atoms with Crippen molar-refractivity contribution in [3.8, 4) is 0 Å². The first-order valence-electron chi connectivity index (χ1n) is 9.34. The highest BCUT2D eigenvalue weighted by atomic mass is 19.1. The molecule has 2 aromatic carbocycles. The van der Waals surface area contributed by atoms with Crippen LogP contribution in [0.1, 0.15) is 24.4 Å². The molecule has 3 aromatic rings. The number of benzene rings is 2. The third-order valence-electron chi connectivity index (χ3n) is 4.93. The van der Waals surface area contributed by atoms with E-state index in [1.165, 1.54) is 25.0 Å². The van der Waals surface area contributed by atoms with E-state index in [1.54, 1.807) is 18.5 Å². The predicted molar refractivity (Wildman–Crippen MR) is 103 cm³/mol. The fraction of sp³-hybridized carbons (Fsp3) is 0.333. The van der Waals surface area contributed by atoms with Crippen LogP contribution in [0.2, 0.25) is 0 Å². The van der Waals surface area contributed by atoms with Crippen LogP contribution >= 0.6 is 0 Å². The molecule has 0 aliphatic heterocycles. The summed E-state index contributed by atoms with van der Waals surface area (Å²) in [6, 6.07) is 13.9. The molecule has 1 aliphatic carbocycles. The molecule has 1 aliphatic rings. The number of nitrogens with one attached hydrogen (secondary N) is 2. The van der Waals surface area contributed by atoms with Crippen LogP contribution in [0.25, 0.3) is 11.0 Å². The van der Waals surface area contributed by atoms with Gasteiger partial charge in [0.2, 0.25) is 5.91 Å². The van der Waals surface area contributed by atoms with Crippen molar-refractivity contribution in [2.45, 2.75) is 25.4 Å². The van der Waals surface area contributed by atoms with Crippen molar-refractivity contribution in [2.24, 2.45) is 5.92 Å². The van der Waals surface area contributed by atoms with Crippen LogP contribution in [0.15, 0.2) is 54.9 Å². The molecule has 0 saturated heterocycles. The Labute approximate surface area is 157 Å². The third-order valence-corrected chi connectivity index (χ3v) is 4.93. The molecule has 1 atom stereocenters. The highest BCUT2D eigenvalue weighted by molar-refractivity contribution is 5.78. The number of para-hydroxylation sites is 2. The molecule has 2 N–H and O–H groups in total. The highest BCUT2D eigenvalue weighted by Crippen LogP contribution is 2.27. The molecule has 1 fully saturated rings. The highest BCUT2D eigenvalue weighted by Gasteiger charge is 2.21. The van der Waals surface area contributed by atoms with Crippen LogP contribution in [0, 0.1) is 11.7 Å². The number of nitrogens with zero attached hydrogens (tertiary/aromatic N) is 2. The summed E-state index contributed by atoms with van der Waals surface area (Å²) in [6.07, 6.45) is 4.28. The summed E-state index contributed by atoms with van der Waals surface area (Å²) in [6.45, 7) is 1.71. The second-order valence-electron chi connectivity index (χ2n) is 7.13. The number of rotatable bonds is 8. The molecule has 0 spiro atoms. The number of carbonyl (C=O) groups is 1. The number of aromatic nitrogens is 2. The second-order valence-corrected chi connectivity index (χ2v) is 7.13. The maximum Gasteiger partial charge on any atom is 0.234 e. The van der Waals surface area contributed by atoms with Gasteiger partial charge in [0.15, 0.2) is 0 Å². The first kappa shape index (κ1) is 17.7. The van der Waals surface area contributed by atoms with Gasteiger partial charge in [-0.3, -0.25) is 4.79 Å². The Hall–Kier alpha value is -2.73. The third kappa shape index (κ3) is 4.52. The molecule has 1 heterocycles. The summed E-state index contributed by atoms with van der Waals surface area (Å²) in [5.74, 6) is 0.375. The Balaban J connectivity index is 1.50. The molecule has 140 valence electrons. The molecule has 0 bridgehead atoms. The molecule has 27 heavy (non-hydrogen) atoms. The Morgan fingerprint density at radius 3 is 2.74 bits per heavy atom. The van der Waals surface area contributed by atoms with Crippen molar-refractivity contribution in [1.82, 2.24) is 20.2 Å². The van der Waals surface area contributed by atoms with Crippen molar-refractivity contribution in [3.63, 3.8) is 0 Å². The van der Waals surface area contributed by atoms with E-state index < -0.39 is 0 Å². The van der Waals surface area contributed by atoms with Crippen LogP contribution in [0.5, 0.6) is 0 Å². The van der Waals surface area contributed by atoms with Crippen LogP contribution in [-0.2, 0) is 11.3 Å². The van der Waals surface area contributed by atoms with E-state index in [0.717, 1.165) is 29.1 Å². The first-order chi connectivity index (χ1) is 13.2. The molecule has 0 radical (unpaired) electrons. The number of hydrogen-bond donors (Lipinski definition) is 2. The predicted octanol–water partition coefficient (Wildman–Crippen LogP) is 3.03. The van der Waals surface area contributed by atoms with E-state index in [0.29, 0.717) is 13.1 Å². The van der Waals surface area contributed by atoms with E-state index in [1.807, 2.05) is 28.8 Å². The van der Waals surface area contributed by atoms with Gasteiger partial charge in [0.25, 0.3) is 0 Å². The molecule has 1 unspecified atom stereocenters. The van der Waals surface area contributed by atoms with E-state index in [2.05, 4.69) is 15.6 Å². The topological polar surface area (TPSA) is 59.0 Å². The van der Waals surface area contributed by atoms with Gasteiger partial charge < -0.3 is 15.2 Å². The zero-order valence-corrected chi connectivity index (χ0v) is 15.1. The van der Waals surface area contributed by atoms with E-state index in [4.69, 9.17) is 0 Å². The zero-order valence-electron chi connectivity index (χ0n) is 15.1. The van der Waals surface area contributed by atoms with Crippen molar-refractivity contribution in [3.05, 3.63) is 66.2 Å². The standard InChI is InChI=1S/C21H23FN4O/c22-17-9-7-16(8-10-17)19(25-21(27)12-23-11-15-5-6-15)13-26-14-24-18-3-1-2-4-20(18)26/h1-4,7-10,14-15,19,23H,5-6,11-13H2,(H,25,27). The van der Waals surface area contributed by atoms with Crippen LogP contribution in [-0.4, -0.2) is 28.5 Å². The quantitative estimate of drug-likeness (QED) is 0.644. The smallest absolute Gasteiger partial charge is 0.234 e. The molecule has 6 heteroatoms. The molecule has 1 aromatic heterocycles. The van der Waals surface area contributed by atoms with Crippen LogP contribution in [0.3, 0.4) is 0 Å². The summed E-state index contributed by atoms with van der Waals surface area (Å²) >= 11 is 0. The summed E-state index contributed by atoms with van der Waals surface area (Å²) in [5.41, 5.74) is 2.78. The SMILES string of the molecule is O=C(CNCC1CC1)NC(Cn1cnc2ccccc21)c1ccc(F)cc1. The average molecular weight is 366 g/mol. The average Bonchev–Trinajstić information content (AvgIpc) is 3.41. The maximum absolute atomic E-state index is 13.3. The van der Waals surface area contributed by atoms with E-state index >= 15 is 0 Å². The van der Waals surface area contributed by atoms with Gasteiger partial charge in [-0.1, -0.05) is 24.3 Å². The van der Waals surface area contributed by atoms with Crippen LogP contribution < -0.4 is 10.6 Å². The van der Waals surface area contributed by atoms with Gasteiger partial charge in [-0.25, -0.2) is 9.37 Å². The zero-order chi connectivity index (χ0) is 18.6.